The normalized spacial score (nSPS) is 12.8. The van der Waals surface area contributed by atoms with Gasteiger partial charge in [0.1, 0.15) is 12.4 Å². The lowest BCUT2D eigenvalue weighted by atomic mass is 9.98. The number of nitrogens with zero attached hydrogens (tertiary/aromatic N) is 1. The summed E-state index contributed by atoms with van der Waals surface area (Å²) in [6, 6.07) is 21.3. The minimum Gasteiger partial charge on any atom is -0.493 e. The predicted molar refractivity (Wildman–Crippen MR) is 115 cm³/mol. The average molecular weight is 403 g/mol. The zero-order chi connectivity index (χ0) is 20.9. The number of hydrogen-bond donors (Lipinski definition) is 0. The molecule has 4 rings (SSSR count). The third-order valence-corrected chi connectivity index (χ3v) is 5.36. The fraction of sp³-hybridized carbons (Fsp3) is 0.240. The van der Waals surface area contributed by atoms with Gasteiger partial charge in [-0.3, -0.25) is 4.79 Å². The molecule has 1 amide bonds. The molecule has 0 radical (unpaired) electrons. The van der Waals surface area contributed by atoms with E-state index in [0.717, 1.165) is 23.3 Å². The van der Waals surface area contributed by atoms with Gasteiger partial charge in [0.2, 0.25) is 0 Å². The molecule has 0 fully saturated rings. The second-order valence-electron chi connectivity index (χ2n) is 7.22. The molecule has 3 aromatic rings. The first-order valence-corrected chi connectivity index (χ1v) is 9.98. The van der Waals surface area contributed by atoms with E-state index in [1.165, 1.54) is 5.56 Å². The standard InChI is InChI=1S/C25H25NO4/c1-28-23-14-19-12-13-26(16-20(19)15-24(23)29-2)25(27)21-10-6-7-11-22(21)30-17-18-8-4-3-5-9-18/h3-11,14-15H,12-13,16-17H2,1-2H3. The predicted octanol–water partition coefficient (Wildman–Crippen LogP) is 4.48. The molecular formula is C25H25NO4. The number of rotatable bonds is 6. The van der Waals surface area contributed by atoms with Crippen molar-refractivity contribution in [3.05, 3.63) is 89.0 Å². The van der Waals surface area contributed by atoms with Gasteiger partial charge < -0.3 is 19.1 Å². The summed E-state index contributed by atoms with van der Waals surface area (Å²) in [7, 11) is 3.26. The first-order chi connectivity index (χ1) is 14.7. The topological polar surface area (TPSA) is 48.0 Å². The molecular weight excluding hydrogens is 378 g/mol. The maximum atomic E-state index is 13.3. The first kappa shape index (κ1) is 19.8. The van der Waals surface area contributed by atoms with Crippen LogP contribution in [0.15, 0.2) is 66.7 Å². The van der Waals surface area contributed by atoms with Crippen LogP contribution in [0.1, 0.15) is 27.0 Å². The monoisotopic (exact) mass is 403 g/mol. The van der Waals surface area contributed by atoms with E-state index < -0.39 is 0 Å². The van der Waals surface area contributed by atoms with Crippen molar-refractivity contribution in [2.45, 2.75) is 19.6 Å². The number of hydrogen-bond acceptors (Lipinski definition) is 4. The summed E-state index contributed by atoms with van der Waals surface area (Å²) in [5.74, 6) is 1.97. The maximum absolute atomic E-state index is 13.3. The summed E-state index contributed by atoms with van der Waals surface area (Å²) in [5.41, 5.74) is 3.91. The average Bonchev–Trinajstić information content (AvgIpc) is 2.81. The quantitative estimate of drug-likeness (QED) is 0.609. The molecule has 0 spiro atoms. The van der Waals surface area contributed by atoms with Crippen LogP contribution in [0.2, 0.25) is 0 Å². The van der Waals surface area contributed by atoms with Crippen LogP contribution < -0.4 is 14.2 Å². The minimum atomic E-state index is -0.0286. The Morgan fingerprint density at radius 2 is 1.53 bits per heavy atom. The lowest BCUT2D eigenvalue weighted by Gasteiger charge is -2.30. The Kier molecular flexibility index (Phi) is 5.89. The van der Waals surface area contributed by atoms with Gasteiger partial charge in [-0.25, -0.2) is 0 Å². The van der Waals surface area contributed by atoms with Gasteiger partial charge in [0.25, 0.3) is 5.91 Å². The molecule has 3 aromatic carbocycles. The third-order valence-electron chi connectivity index (χ3n) is 5.36. The molecule has 0 aliphatic carbocycles. The Bertz CT molecular complexity index is 1030. The number of ether oxygens (including phenoxy) is 3. The molecule has 1 aliphatic rings. The highest BCUT2D eigenvalue weighted by Crippen LogP contribution is 2.34. The Morgan fingerprint density at radius 3 is 2.27 bits per heavy atom. The summed E-state index contributed by atoms with van der Waals surface area (Å²) in [6.45, 7) is 1.60. The van der Waals surface area contributed by atoms with Gasteiger partial charge in [0, 0.05) is 13.1 Å². The molecule has 1 heterocycles. The van der Waals surface area contributed by atoms with Crippen LogP contribution in [-0.2, 0) is 19.6 Å². The molecule has 30 heavy (non-hydrogen) atoms. The lowest BCUT2D eigenvalue weighted by Crippen LogP contribution is -2.36. The van der Waals surface area contributed by atoms with Gasteiger partial charge >= 0.3 is 0 Å². The molecule has 0 saturated heterocycles. The van der Waals surface area contributed by atoms with Crippen molar-refractivity contribution in [1.29, 1.82) is 0 Å². The van der Waals surface area contributed by atoms with Crippen LogP contribution in [0.5, 0.6) is 17.2 Å². The summed E-state index contributed by atoms with van der Waals surface area (Å²) >= 11 is 0. The molecule has 0 saturated carbocycles. The van der Waals surface area contributed by atoms with Crippen molar-refractivity contribution in [3.63, 3.8) is 0 Å². The Morgan fingerprint density at radius 1 is 0.867 bits per heavy atom. The van der Waals surface area contributed by atoms with Gasteiger partial charge in [0.05, 0.1) is 19.8 Å². The van der Waals surface area contributed by atoms with E-state index >= 15 is 0 Å². The highest BCUT2D eigenvalue weighted by molar-refractivity contribution is 5.97. The van der Waals surface area contributed by atoms with E-state index in [2.05, 4.69) is 0 Å². The summed E-state index contributed by atoms with van der Waals surface area (Å²) in [6.07, 6.45) is 0.772. The van der Waals surface area contributed by atoms with E-state index in [9.17, 15) is 4.79 Å². The van der Waals surface area contributed by atoms with E-state index in [1.807, 2.05) is 71.6 Å². The van der Waals surface area contributed by atoms with Crippen LogP contribution in [0, 0.1) is 0 Å². The van der Waals surface area contributed by atoms with Gasteiger partial charge in [0.15, 0.2) is 11.5 Å². The van der Waals surface area contributed by atoms with Crippen molar-refractivity contribution in [2.24, 2.45) is 0 Å². The van der Waals surface area contributed by atoms with Crippen molar-refractivity contribution >= 4 is 5.91 Å². The number of fused-ring (bicyclic) bond motifs is 1. The fourth-order valence-corrected chi connectivity index (χ4v) is 3.73. The van der Waals surface area contributed by atoms with Gasteiger partial charge in [-0.1, -0.05) is 42.5 Å². The number of carbonyl (C=O) groups excluding carboxylic acids is 1. The number of methoxy groups -OCH3 is 2. The Balaban J connectivity index is 1.53. The van der Waals surface area contributed by atoms with Crippen molar-refractivity contribution in [3.8, 4) is 17.2 Å². The van der Waals surface area contributed by atoms with E-state index in [0.29, 0.717) is 36.8 Å². The van der Waals surface area contributed by atoms with Crippen molar-refractivity contribution in [1.82, 2.24) is 4.90 Å². The van der Waals surface area contributed by atoms with E-state index in [1.54, 1.807) is 14.2 Å². The zero-order valence-electron chi connectivity index (χ0n) is 17.3. The van der Waals surface area contributed by atoms with Crippen LogP contribution >= 0.6 is 0 Å². The van der Waals surface area contributed by atoms with Gasteiger partial charge in [-0.2, -0.15) is 0 Å². The fourth-order valence-electron chi connectivity index (χ4n) is 3.73. The number of carbonyl (C=O) groups is 1. The molecule has 0 N–H and O–H groups in total. The SMILES string of the molecule is COc1cc2c(cc1OC)CN(C(=O)c1ccccc1OCc1ccccc1)CC2. The van der Waals surface area contributed by atoms with Crippen molar-refractivity contribution in [2.75, 3.05) is 20.8 Å². The van der Waals surface area contributed by atoms with Gasteiger partial charge in [-0.15, -0.1) is 0 Å². The second kappa shape index (κ2) is 8.91. The van der Waals surface area contributed by atoms with Crippen LogP contribution in [0.25, 0.3) is 0 Å². The molecule has 0 unspecified atom stereocenters. The van der Waals surface area contributed by atoms with Gasteiger partial charge in [-0.05, 0) is 47.4 Å². The molecule has 0 atom stereocenters. The van der Waals surface area contributed by atoms with E-state index in [-0.39, 0.29) is 5.91 Å². The van der Waals surface area contributed by atoms with Crippen LogP contribution in [-0.4, -0.2) is 31.6 Å². The Labute approximate surface area is 176 Å². The van der Waals surface area contributed by atoms with E-state index in [4.69, 9.17) is 14.2 Å². The van der Waals surface area contributed by atoms with Crippen molar-refractivity contribution < 1.29 is 19.0 Å². The maximum Gasteiger partial charge on any atom is 0.257 e. The molecule has 0 aromatic heterocycles. The lowest BCUT2D eigenvalue weighted by molar-refractivity contribution is 0.0729. The zero-order valence-corrected chi connectivity index (χ0v) is 17.3. The molecule has 5 heteroatoms. The second-order valence-corrected chi connectivity index (χ2v) is 7.22. The first-order valence-electron chi connectivity index (χ1n) is 9.98. The highest BCUT2D eigenvalue weighted by Gasteiger charge is 2.25. The molecule has 1 aliphatic heterocycles. The Hall–Kier alpha value is -3.47. The smallest absolute Gasteiger partial charge is 0.257 e. The number of benzene rings is 3. The minimum absolute atomic E-state index is 0.0286. The number of para-hydroxylation sites is 1. The summed E-state index contributed by atoms with van der Waals surface area (Å²) in [4.78, 5) is 15.2. The molecule has 5 nitrogen and oxygen atoms in total. The highest BCUT2D eigenvalue weighted by atomic mass is 16.5. The third kappa shape index (κ3) is 4.10. The summed E-state index contributed by atoms with van der Waals surface area (Å²) < 4.78 is 16.8. The van der Waals surface area contributed by atoms with Crippen LogP contribution in [0.4, 0.5) is 0 Å². The molecule has 154 valence electrons. The summed E-state index contributed by atoms with van der Waals surface area (Å²) in [5, 5.41) is 0. The molecule has 0 bridgehead atoms. The largest absolute Gasteiger partial charge is 0.493 e. The van der Waals surface area contributed by atoms with Crippen LogP contribution in [0.3, 0.4) is 0 Å². The number of amides is 1.